The van der Waals surface area contributed by atoms with Crippen LogP contribution in [0.15, 0.2) is 34.1 Å². The van der Waals surface area contributed by atoms with Crippen molar-refractivity contribution in [2.45, 2.75) is 16.4 Å². The third-order valence-corrected chi connectivity index (χ3v) is 6.55. The van der Waals surface area contributed by atoms with Crippen LogP contribution in [0.5, 0.6) is 0 Å². The molecule has 0 aliphatic heterocycles. The molecule has 0 aliphatic carbocycles. The summed E-state index contributed by atoms with van der Waals surface area (Å²) in [7, 11) is -4.57. The highest BCUT2D eigenvalue weighted by Crippen LogP contribution is 2.22. The fraction of sp³-hybridized carbons (Fsp3) is 0.308. The van der Waals surface area contributed by atoms with E-state index in [1.807, 2.05) is 0 Å². The number of nitrogens with one attached hydrogen (secondary N) is 3. The first-order valence-electron chi connectivity index (χ1n) is 7.33. The first kappa shape index (κ1) is 20.8. The molecule has 14 heteroatoms. The van der Waals surface area contributed by atoms with Crippen molar-refractivity contribution in [1.82, 2.24) is 24.2 Å². The van der Waals surface area contributed by atoms with Crippen molar-refractivity contribution < 1.29 is 26.4 Å². The van der Waals surface area contributed by atoms with Crippen LogP contribution in [-0.4, -0.2) is 63.6 Å². The average Bonchev–Trinajstić information content (AvgIpc) is 3.01. The molecule has 27 heavy (non-hydrogen) atoms. The van der Waals surface area contributed by atoms with Crippen LogP contribution in [0.25, 0.3) is 0 Å². The summed E-state index contributed by atoms with van der Waals surface area (Å²) in [5.41, 5.74) is 0. The summed E-state index contributed by atoms with van der Waals surface area (Å²) in [5, 5.41) is 8.29. The maximum Gasteiger partial charge on any atom is 0.335 e. The highest BCUT2D eigenvalue weighted by Gasteiger charge is 2.29. The fourth-order valence-electron chi connectivity index (χ4n) is 1.94. The van der Waals surface area contributed by atoms with Crippen molar-refractivity contribution in [3.63, 3.8) is 0 Å². The Balaban J connectivity index is 2.25. The van der Waals surface area contributed by atoms with E-state index in [0.29, 0.717) is 5.82 Å². The molecule has 0 fully saturated rings. The molecule has 12 nitrogen and oxygen atoms in total. The molecule has 2 amide bonds. The lowest BCUT2D eigenvalue weighted by molar-refractivity contribution is 0.178. The molecule has 148 valence electrons. The molecule has 1 heterocycles. The predicted octanol–water partition coefficient (Wildman–Crippen LogP) is -0.288. The number of aromatic amines is 1. The normalized spacial score (nSPS) is 12.1. The van der Waals surface area contributed by atoms with Crippen LogP contribution in [0.4, 0.5) is 10.7 Å². The lowest BCUT2D eigenvalue weighted by atomic mass is 10.4. The number of aromatic nitrogens is 3. The van der Waals surface area contributed by atoms with Gasteiger partial charge in [-0.25, -0.2) is 30.7 Å². The van der Waals surface area contributed by atoms with Crippen LogP contribution in [0.1, 0.15) is 5.82 Å². The number of rotatable bonds is 7. The first-order valence-corrected chi connectivity index (χ1v) is 10.3. The van der Waals surface area contributed by atoms with E-state index in [0.717, 1.165) is 16.4 Å². The number of carbonyl (C=O) groups excluding carboxylic acids is 1. The summed E-state index contributed by atoms with van der Waals surface area (Å²) in [5.74, 6) is 0.141. The highest BCUT2D eigenvalue weighted by molar-refractivity contribution is 7.92. The van der Waals surface area contributed by atoms with Crippen molar-refractivity contribution in [3.8, 4) is 0 Å². The average molecular weight is 418 g/mol. The number of H-pyrrole nitrogens is 1. The number of anilines is 1. The Bertz CT molecular complexity index is 1030. The topological polar surface area (TPSA) is 163 Å². The van der Waals surface area contributed by atoms with Gasteiger partial charge < -0.3 is 4.74 Å². The van der Waals surface area contributed by atoms with Gasteiger partial charge in [0.15, 0.2) is 5.82 Å². The molecular weight excluding hydrogens is 400 g/mol. The fourth-order valence-corrected chi connectivity index (χ4v) is 4.55. The summed E-state index contributed by atoms with van der Waals surface area (Å²) in [6.45, 7) is 0.115. The lowest BCUT2D eigenvalue weighted by Crippen LogP contribution is -2.36. The third kappa shape index (κ3) is 4.79. The molecule has 2 rings (SSSR count). The molecule has 1 aromatic heterocycles. The smallest absolute Gasteiger partial charge is 0.335 e. The van der Waals surface area contributed by atoms with Crippen LogP contribution in [0, 0.1) is 0 Å². The van der Waals surface area contributed by atoms with E-state index in [-0.39, 0.29) is 12.6 Å². The molecule has 0 bridgehead atoms. The van der Waals surface area contributed by atoms with Crippen molar-refractivity contribution in [1.29, 1.82) is 0 Å². The minimum absolute atomic E-state index is 0.115. The molecule has 3 N–H and O–H groups in total. The molecule has 0 unspecified atom stereocenters. The van der Waals surface area contributed by atoms with E-state index in [1.54, 1.807) is 4.72 Å². The molecule has 0 radical (unpaired) electrons. The summed E-state index contributed by atoms with van der Waals surface area (Å²) in [6.07, 6.45) is 0. The maximum absolute atomic E-state index is 12.5. The van der Waals surface area contributed by atoms with Gasteiger partial charge in [0.05, 0.1) is 0 Å². The number of nitrogens with zero attached hydrogens (tertiary/aromatic N) is 3. The summed E-state index contributed by atoms with van der Waals surface area (Å²) >= 11 is 0. The molecule has 2 aromatic rings. The predicted molar refractivity (Wildman–Crippen MR) is 93.8 cm³/mol. The van der Waals surface area contributed by atoms with Gasteiger partial charge in [0.1, 0.15) is 16.4 Å². The molecule has 0 atom stereocenters. The maximum atomic E-state index is 12.5. The minimum atomic E-state index is -4.49. The van der Waals surface area contributed by atoms with Gasteiger partial charge in [-0.2, -0.15) is 4.98 Å². The van der Waals surface area contributed by atoms with E-state index in [1.165, 1.54) is 33.3 Å². The second kappa shape index (κ2) is 7.99. The Morgan fingerprint density at radius 2 is 1.81 bits per heavy atom. The van der Waals surface area contributed by atoms with Crippen LogP contribution in [0.3, 0.4) is 0 Å². The van der Waals surface area contributed by atoms with E-state index in [2.05, 4.69) is 20.5 Å². The molecule has 0 aliphatic rings. The number of amides is 2. The number of benzene rings is 1. The second-order valence-corrected chi connectivity index (χ2v) is 9.10. The van der Waals surface area contributed by atoms with E-state index in [9.17, 15) is 21.6 Å². The first-order chi connectivity index (χ1) is 12.6. The van der Waals surface area contributed by atoms with E-state index < -0.39 is 35.9 Å². The number of hydrogen-bond acceptors (Lipinski definition) is 8. The van der Waals surface area contributed by atoms with Gasteiger partial charge in [-0.1, -0.05) is 12.1 Å². The zero-order valence-electron chi connectivity index (χ0n) is 14.6. The monoisotopic (exact) mass is 418 g/mol. The molecular formula is C13H18N6O6S2. The zero-order valence-corrected chi connectivity index (χ0v) is 16.3. The number of urea groups is 1. The van der Waals surface area contributed by atoms with Crippen molar-refractivity contribution in [2.24, 2.45) is 0 Å². The SMILES string of the molecule is COCc1nc(NC(=O)NS(=O)(=O)c2ccccc2S(=O)(=O)N(C)C)n[nH]1. The standard InChI is InChI=1S/C13H18N6O6S2/c1-19(2)27(23,24)10-7-5-4-6-9(10)26(21,22)18-13(20)15-12-14-11(8-25-3)16-17-12/h4-7H,8H2,1-3H3,(H3,14,15,16,17,18,20). The van der Waals surface area contributed by atoms with E-state index >= 15 is 0 Å². The number of ether oxygens (including phenoxy) is 1. The minimum Gasteiger partial charge on any atom is -0.377 e. The quantitative estimate of drug-likeness (QED) is 0.552. The third-order valence-electron chi connectivity index (χ3n) is 3.16. The number of carbonyl (C=O) groups is 1. The Kier molecular flexibility index (Phi) is 6.15. The Morgan fingerprint density at radius 1 is 1.19 bits per heavy atom. The molecule has 1 aromatic carbocycles. The van der Waals surface area contributed by atoms with Crippen LogP contribution in [-0.2, 0) is 31.4 Å². The number of hydrogen-bond donors (Lipinski definition) is 3. The summed E-state index contributed by atoms with van der Waals surface area (Å²) < 4.78 is 57.1. The van der Waals surface area contributed by atoms with E-state index in [4.69, 9.17) is 4.74 Å². The molecule has 0 spiro atoms. The summed E-state index contributed by atoms with van der Waals surface area (Å²) in [6, 6.07) is 3.77. The Hall–Kier alpha value is -2.55. The zero-order chi connectivity index (χ0) is 20.2. The Labute approximate surface area is 156 Å². The van der Waals surface area contributed by atoms with Gasteiger partial charge in [-0.05, 0) is 12.1 Å². The van der Waals surface area contributed by atoms with Gasteiger partial charge in [-0.15, -0.1) is 5.10 Å². The highest BCUT2D eigenvalue weighted by atomic mass is 32.2. The molecule has 0 saturated carbocycles. The number of sulfonamides is 2. The molecule has 0 saturated heterocycles. The van der Waals surface area contributed by atoms with Crippen molar-refractivity contribution in [2.75, 3.05) is 26.5 Å². The van der Waals surface area contributed by atoms with Crippen LogP contribution >= 0.6 is 0 Å². The summed E-state index contributed by atoms with van der Waals surface area (Å²) in [4.78, 5) is 14.8. The largest absolute Gasteiger partial charge is 0.377 e. The van der Waals surface area contributed by atoms with Gasteiger partial charge in [-0.3, -0.25) is 10.4 Å². The lowest BCUT2D eigenvalue weighted by Gasteiger charge is -2.15. The van der Waals surface area contributed by atoms with Gasteiger partial charge >= 0.3 is 6.03 Å². The number of methoxy groups -OCH3 is 1. The second-order valence-electron chi connectivity index (χ2n) is 5.33. The van der Waals surface area contributed by atoms with Gasteiger partial charge in [0.25, 0.3) is 10.0 Å². The van der Waals surface area contributed by atoms with Crippen molar-refractivity contribution >= 4 is 32.0 Å². The van der Waals surface area contributed by atoms with Crippen LogP contribution in [0.2, 0.25) is 0 Å². The Morgan fingerprint density at radius 3 is 2.41 bits per heavy atom. The van der Waals surface area contributed by atoms with Gasteiger partial charge in [0, 0.05) is 21.2 Å². The van der Waals surface area contributed by atoms with Gasteiger partial charge in [0.2, 0.25) is 16.0 Å². The van der Waals surface area contributed by atoms with Crippen LogP contribution < -0.4 is 10.0 Å². The van der Waals surface area contributed by atoms with Crippen molar-refractivity contribution in [3.05, 3.63) is 30.1 Å².